The Kier molecular flexibility index (Phi) is 6.84. The van der Waals surface area contributed by atoms with Gasteiger partial charge in [-0.25, -0.2) is 4.98 Å². The van der Waals surface area contributed by atoms with Gasteiger partial charge in [0.05, 0.1) is 11.4 Å². The largest absolute Gasteiger partial charge is 0.308 e. The smallest absolute Gasteiger partial charge is 0.236 e. The Labute approximate surface area is 193 Å². The third-order valence-electron chi connectivity index (χ3n) is 4.78. The van der Waals surface area contributed by atoms with Crippen LogP contribution in [0.3, 0.4) is 0 Å². The van der Waals surface area contributed by atoms with E-state index < -0.39 is 0 Å². The third kappa shape index (κ3) is 5.41. The number of thiophene rings is 1. The van der Waals surface area contributed by atoms with Gasteiger partial charge in [0.2, 0.25) is 5.91 Å². The van der Waals surface area contributed by atoms with Crippen LogP contribution in [0.4, 0.5) is 5.13 Å². The standard InChI is InChI=1S/C22H23N5OS3/c1-14-9-15(2)20(16(3)10-14)18-11-30-21(24-18)25-19(28)12-31-22-26-23-13-27(22)7-6-17-5-4-8-29-17/h4-5,8-11,13H,6-7,12H2,1-3H3,(H,24,25,28). The summed E-state index contributed by atoms with van der Waals surface area (Å²) < 4.78 is 1.99. The number of rotatable bonds is 8. The highest BCUT2D eigenvalue weighted by atomic mass is 32.2. The molecule has 0 spiro atoms. The van der Waals surface area contributed by atoms with E-state index in [9.17, 15) is 4.79 Å². The minimum Gasteiger partial charge on any atom is -0.308 e. The van der Waals surface area contributed by atoms with Crippen LogP contribution in [0.25, 0.3) is 11.3 Å². The lowest BCUT2D eigenvalue weighted by Gasteiger charge is -2.08. The number of benzene rings is 1. The second-order valence-electron chi connectivity index (χ2n) is 7.28. The Morgan fingerprint density at radius 3 is 2.74 bits per heavy atom. The summed E-state index contributed by atoms with van der Waals surface area (Å²) in [6.45, 7) is 7.08. The molecule has 3 heterocycles. The second kappa shape index (κ2) is 9.76. The number of anilines is 1. The first-order chi connectivity index (χ1) is 15.0. The Hall–Kier alpha value is -2.49. The molecular formula is C22H23N5OS3. The lowest BCUT2D eigenvalue weighted by Crippen LogP contribution is -2.14. The molecule has 0 saturated carbocycles. The summed E-state index contributed by atoms with van der Waals surface area (Å²) in [7, 11) is 0. The number of aromatic nitrogens is 4. The van der Waals surface area contributed by atoms with Crippen LogP contribution >= 0.6 is 34.4 Å². The molecule has 0 fully saturated rings. The summed E-state index contributed by atoms with van der Waals surface area (Å²) in [4.78, 5) is 18.4. The summed E-state index contributed by atoms with van der Waals surface area (Å²) in [5.74, 6) is 0.158. The van der Waals surface area contributed by atoms with Crippen molar-refractivity contribution in [2.75, 3.05) is 11.1 Å². The van der Waals surface area contributed by atoms with Crippen LogP contribution in [0.1, 0.15) is 21.6 Å². The minimum absolute atomic E-state index is 0.101. The van der Waals surface area contributed by atoms with Crippen molar-refractivity contribution in [1.82, 2.24) is 19.7 Å². The first kappa shape index (κ1) is 21.7. The molecule has 9 heteroatoms. The maximum atomic E-state index is 12.5. The fourth-order valence-corrected chi connectivity index (χ4v) is 5.67. The van der Waals surface area contributed by atoms with Crippen molar-refractivity contribution in [2.45, 2.75) is 38.9 Å². The molecule has 4 aromatic rings. The molecule has 1 N–H and O–H groups in total. The van der Waals surface area contributed by atoms with E-state index in [-0.39, 0.29) is 11.7 Å². The molecule has 0 radical (unpaired) electrons. The summed E-state index contributed by atoms with van der Waals surface area (Å²) in [5.41, 5.74) is 5.66. The zero-order chi connectivity index (χ0) is 21.8. The van der Waals surface area contributed by atoms with Crippen LogP contribution in [0, 0.1) is 20.8 Å². The maximum Gasteiger partial charge on any atom is 0.236 e. The van der Waals surface area contributed by atoms with Crippen molar-refractivity contribution < 1.29 is 4.79 Å². The molecule has 0 unspecified atom stereocenters. The number of carbonyl (C=O) groups is 1. The molecule has 31 heavy (non-hydrogen) atoms. The highest BCUT2D eigenvalue weighted by molar-refractivity contribution is 7.99. The predicted molar refractivity (Wildman–Crippen MR) is 129 cm³/mol. The van der Waals surface area contributed by atoms with Gasteiger partial charge < -0.3 is 9.88 Å². The lowest BCUT2D eigenvalue weighted by atomic mass is 9.98. The van der Waals surface area contributed by atoms with Crippen molar-refractivity contribution in [3.05, 3.63) is 62.9 Å². The molecule has 0 aliphatic rings. The summed E-state index contributed by atoms with van der Waals surface area (Å²) in [6, 6.07) is 8.49. The molecule has 0 aliphatic carbocycles. The Morgan fingerprint density at radius 1 is 1.19 bits per heavy atom. The Bertz CT molecular complexity index is 1160. The van der Waals surface area contributed by atoms with Crippen LogP contribution < -0.4 is 5.32 Å². The molecule has 0 atom stereocenters. The number of aryl methyl sites for hydroxylation is 5. The number of carbonyl (C=O) groups excluding carboxylic acids is 1. The summed E-state index contributed by atoms with van der Waals surface area (Å²) in [6.07, 6.45) is 2.64. The molecule has 0 bridgehead atoms. The maximum absolute atomic E-state index is 12.5. The molecule has 1 aromatic carbocycles. The zero-order valence-electron chi connectivity index (χ0n) is 17.6. The van der Waals surface area contributed by atoms with Gasteiger partial charge in [-0.15, -0.1) is 32.9 Å². The van der Waals surface area contributed by atoms with Gasteiger partial charge in [-0.05, 0) is 49.8 Å². The average Bonchev–Trinajstić information content (AvgIpc) is 3.46. The van der Waals surface area contributed by atoms with E-state index in [1.54, 1.807) is 17.7 Å². The van der Waals surface area contributed by atoms with Gasteiger partial charge in [0.15, 0.2) is 10.3 Å². The lowest BCUT2D eigenvalue weighted by molar-refractivity contribution is -0.113. The van der Waals surface area contributed by atoms with E-state index in [1.807, 2.05) is 9.95 Å². The number of amides is 1. The van der Waals surface area contributed by atoms with Gasteiger partial charge in [0, 0.05) is 22.4 Å². The van der Waals surface area contributed by atoms with Crippen LogP contribution in [0.2, 0.25) is 0 Å². The van der Waals surface area contributed by atoms with E-state index >= 15 is 0 Å². The van der Waals surface area contributed by atoms with E-state index in [0.717, 1.165) is 29.4 Å². The number of hydrogen-bond donors (Lipinski definition) is 1. The molecule has 160 valence electrons. The minimum atomic E-state index is -0.101. The number of hydrogen-bond acceptors (Lipinski definition) is 7. The first-order valence-corrected chi connectivity index (χ1v) is 12.6. The fourth-order valence-electron chi connectivity index (χ4n) is 3.51. The summed E-state index contributed by atoms with van der Waals surface area (Å²) >= 11 is 4.57. The van der Waals surface area contributed by atoms with E-state index in [1.165, 1.54) is 44.7 Å². The highest BCUT2D eigenvalue weighted by Crippen LogP contribution is 2.31. The molecule has 6 nitrogen and oxygen atoms in total. The molecule has 0 saturated heterocycles. The van der Waals surface area contributed by atoms with Crippen molar-refractivity contribution in [3.63, 3.8) is 0 Å². The van der Waals surface area contributed by atoms with Gasteiger partial charge in [-0.1, -0.05) is 35.5 Å². The molecular weight excluding hydrogens is 446 g/mol. The van der Waals surface area contributed by atoms with Gasteiger partial charge in [0.25, 0.3) is 0 Å². The number of nitrogens with zero attached hydrogens (tertiary/aromatic N) is 4. The first-order valence-electron chi connectivity index (χ1n) is 9.86. The number of thiazole rings is 1. The van der Waals surface area contributed by atoms with E-state index in [2.05, 4.69) is 70.9 Å². The van der Waals surface area contributed by atoms with Crippen LogP contribution in [-0.2, 0) is 17.8 Å². The zero-order valence-corrected chi connectivity index (χ0v) is 20.0. The van der Waals surface area contributed by atoms with Crippen molar-refractivity contribution in [3.8, 4) is 11.3 Å². The SMILES string of the molecule is Cc1cc(C)c(-c2csc(NC(=O)CSc3nncn3CCc3cccs3)n2)c(C)c1. The second-order valence-corrected chi connectivity index (χ2v) is 10.1. The van der Waals surface area contributed by atoms with Crippen molar-refractivity contribution in [2.24, 2.45) is 0 Å². The normalized spacial score (nSPS) is 11.1. The average molecular weight is 470 g/mol. The third-order valence-corrected chi connectivity index (χ3v) is 7.45. The number of thioether (sulfide) groups is 1. The Balaban J connectivity index is 1.34. The molecule has 0 aliphatic heterocycles. The van der Waals surface area contributed by atoms with E-state index in [0.29, 0.717) is 5.13 Å². The number of nitrogens with one attached hydrogen (secondary N) is 1. The molecule has 4 rings (SSSR count). The van der Waals surface area contributed by atoms with Crippen molar-refractivity contribution >= 4 is 45.5 Å². The van der Waals surface area contributed by atoms with E-state index in [4.69, 9.17) is 0 Å². The van der Waals surface area contributed by atoms with Crippen LogP contribution in [0.15, 0.2) is 46.5 Å². The van der Waals surface area contributed by atoms with Crippen LogP contribution in [0.5, 0.6) is 0 Å². The van der Waals surface area contributed by atoms with Gasteiger partial charge in [-0.3, -0.25) is 4.79 Å². The highest BCUT2D eigenvalue weighted by Gasteiger charge is 2.14. The van der Waals surface area contributed by atoms with Crippen LogP contribution in [-0.4, -0.2) is 31.4 Å². The molecule has 1 amide bonds. The predicted octanol–water partition coefficient (Wildman–Crippen LogP) is 5.36. The monoisotopic (exact) mass is 469 g/mol. The quantitative estimate of drug-likeness (QED) is 0.352. The summed E-state index contributed by atoms with van der Waals surface area (Å²) in [5, 5.41) is 16.5. The topological polar surface area (TPSA) is 72.7 Å². The van der Waals surface area contributed by atoms with Crippen molar-refractivity contribution in [1.29, 1.82) is 0 Å². The fraction of sp³-hybridized carbons (Fsp3) is 0.273. The molecule has 3 aromatic heterocycles. The van der Waals surface area contributed by atoms with Gasteiger partial charge >= 0.3 is 0 Å². The van der Waals surface area contributed by atoms with Gasteiger partial charge in [-0.2, -0.15) is 0 Å². The van der Waals surface area contributed by atoms with Gasteiger partial charge in [0.1, 0.15) is 6.33 Å². The Morgan fingerprint density at radius 2 is 2.00 bits per heavy atom.